The second-order valence-electron chi connectivity index (χ2n) is 17.3. The van der Waals surface area contributed by atoms with Crippen molar-refractivity contribution in [1.82, 2.24) is 0 Å². The SMILES string of the molecule is CCCCC[Si](CCCCC)(CCCCC)OB(O[Si](CCCCC)(CCCCC)CCCCC)O[Si](CCCCC)(CCCCC)CCCCC. The quantitative estimate of drug-likeness (QED) is 0.0456. The second-order valence-corrected chi connectivity index (χ2v) is 29.6. The van der Waals surface area contributed by atoms with Crippen LogP contribution in [0.25, 0.3) is 0 Å². The molecular formula is C45H99BO3Si3. The van der Waals surface area contributed by atoms with Crippen molar-refractivity contribution in [3.63, 3.8) is 0 Å². The zero-order valence-corrected chi connectivity index (χ0v) is 40.8. The lowest BCUT2D eigenvalue weighted by molar-refractivity contribution is 0.277. The van der Waals surface area contributed by atoms with E-state index in [1.54, 1.807) is 0 Å². The van der Waals surface area contributed by atoms with Gasteiger partial charge < -0.3 is 13.0 Å². The van der Waals surface area contributed by atoms with Gasteiger partial charge in [-0.1, -0.05) is 236 Å². The third-order valence-corrected chi connectivity index (χ3v) is 25.6. The standard InChI is InChI=1S/C45H99BO3Si3/c1-10-19-28-37-50(38-29-20-11-2,39-30-21-12-3)47-46(48-51(40-31-22-13-4,41-32-23-14-5)42-33-24-15-6)49-52(43-34-25-16-7,44-35-26-17-8)45-36-27-18-9/h10-45H2,1-9H3. The molecule has 0 rings (SSSR count). The maximum Gasteiger partial charge on any atom is 0.606 e. The molecule has 0 atom stereocenters. The van der Waals surface area contributed by atoms with Gasteiger partial charge in [0.15, 0.2) is 25.0 Å². The highest BCUT2D eigenvalue weighted by atomic mass is 28.4. The van der Waals surface area contributed by atoms with Crippen LogP contribution in [0, 0.1) is 0 Å². The molecule has 0 bridgehead atoms. The second kappa shape index (κ2) is 36.0. The van der Waals surface area contributed by atoms with Crippen LogP contribution in [0.4, 0.5) is 0 Å². The van der Waals surface area contributed by atoms with Gasteiger partial charge in [0.2, 0.25) is 0 Å². The van der Waals surface area contributed by atoms with Crippen molar-refractivity contribution in [2.45, 2.75) is 290 Å². The normalized spacial score (nSPS) is 12.6. The third-order valence-electron chi connectivity index (χ3n) is 12.2. The molecule has 0 aromatic rings. The minimum absolute atomic E-state index is 0.398. The van der Waals surface area contributed by atoms with Crippen molar-refractivity contribution in [1.29, 1.82) is 0 Å². The molecule has 312 valence electrons. The minimum atomic E-state index is -2.10. The summed E-state index contributed by atoms with van der Waals surface area (Å²) in [5.74, 6) is 0. The Bertz CT molecular complexity index is 568. The van der Waals surface area contributed by atoms with Crippen molar-refractivity contribution >= 4 is 32.3 Å². The van der Waals surface area contributed by atoms with Gasteiger partial charge in [-0.15, -0.1) is 0 Å². The fraction of sp³-hybridized carbons (Fsp3) is 1.00. The molecule has 0 aliphatic heterocycles. The van der Waals surface area contributed by atoms with E-state index >= 15 is 0 Å². The van der Waals surface area contributed by atoms with Crippen LogP contribution in [-0.4, -0.2) is 32.3 Å². The predicted molar refractivity (Wildman–Crippen MR) is 245 cm³/mol. The first kappa shape index (κ1) is 52.6. The van der Waals surface area contributed by atoms with E-state index in [-0.39, 0.29) is 0 Å². The topological polar surface area (TPSA) is 27.7 Å². The van der Waals surface area contributed by atoms with Crippen LogP contribution < -0.4 is 0 Å². The number of hydrogen-bond acceptors (Lipinski definition) is 3. The van der Waals surface area contributed by atoms with Gasteiger partial charge in [-0.2, -0.15) is 0 Å². The van der Waals surface area contributed by atoms with E-state index in [2.05, 4.69) is 62.3 Å². The van der Waals surface area contributed by atoms with E-state index in [1.807, 2.05) is 0 Å². The van der Waals surface area contributed by atoms with Crippen molar-refractivity contribution in [2.24, 2.45) is 0 Å². The van der Waals surface area contributed by atoms with Crippen LogP contribution in [0.15, 0.2) is 0 Å². The molecule has 7 heteroatoms. The molecule has 0 aromatic heterocycles. The Morgan fingerprint density at radius 3 is 0.481 bits per heavy atom. The lowest BCUT2D eigenvalue weighted by Gasteiger charge is -2.43. The highest BCUT2D eigenvalue weighted by Gasteiger charge is 2.48. The maximum atomic E-state index is 7.99. The van der Waals surface area contributed by atoms with Gasteiger partial charge in [-0.25, -0.2) is 0 Å². The van der Waals surface area contributed by atoms with Gasteiger partial charge >= 0.3 is 7.32 Å². The first-order valence-corrected chi connectivity index (χ1v) is 32.0. The van der Waals surface area contributed by atoms with E-state index < -0.39 is 32.3 Å². The molecule has 0 amide bonds. The van der Waals surface area contributed by atoms with E-state index in [0.29, 0.717) is 0 Å². The predicted octanol–water partition coefficient (Wildman–Crippen LogP) is 17.6. The molecular weight excluding hydrogens is 684 g/mol. The first-order valence-electron chi connectivity index (χ1n) is 24.4. The molecule has 3 nitrogen and oxygen atoms in total. The Balaban J connectivity index is 7.40. The molecule has 0 fully saturated rings. The summed E-state index contributed by atoms with van der Waals surface area (Å²) in [4.78, 5) is 0. The maximum absolute atomic E-state index is 7.99. The smallest absolute Gasteiger partial charge is 0.429 e. The summed E-state index contributed by atoms with van der Waals surface area (Å²) in [6, 6.07) is 11.8. The zero-order chi connectivity index (χ0) is 38.7. The number of rotatable bonds is 42. The lowest BCUT2D eigenvalue weighted by atomic mass is 10.3. The van der Waals surface area contributed by atoms with Gasteiger partial charge in [0.05, 0.1) is 0 Å². The molecule has 0 aliphatic rings. The summed E-state index contributed by atoms with van der Waals surface area (Å²) in [6.45, 7) is 21.4. The van der Waals surface area contributed by atoms with Crippen LogP contribution in [-0.2, 0) is 13.0 Å². The van der Waals surface area contributed by atoms with E-state index in [1.165, 1.54) is 228 Å². The molecule has 0 unspecified atom stereocenters. The Morgan fingerprint density at radius 1 is 0.231 bits per heavy atom. The summed E-state index contributed by atoms with van der Waals surface area (Å²) < 4.78 is 24.0. The van der Waals surface area contributed by atoms with E-state index in [9.17, 15) is 0 Å². The summed E-state index contributed by atoms with van der Waals surface area (Å²) in [5.41, 5.74) is 0. The number of unbranched alkanes of at least 4 members (excludes halogenated alkanes) is 18. The summed E-state index contributed by atoms with van der Waals surface area (Å²) in [5, 5.41) is 0. The van der Waals surface area contributed by atoms with Crippen molar-refractivity contribution < 1.29 is 13.0 Å². The largest absolute Gasteiger partial charge is 0.606 e. The molecule has 0 heterocycles. The van der Waals surface area contributed by atoms with Gasteiger partial charge in [0, 0.05) is 0 Å². The van der Waals surface area contributed by atoms with E-state index in [0.717, 1.165) is 0 Å². The van der Waals surface area contributed by atoms with Crippen LogP contribution in [0.3, 0.4) is 0 Å². The Kier molecular flexibility index (Phi) is 36.4. The summed E-state index contributed by atoms with van der Waals surface area (Å²) >= 11 is 0. The Labute approximate surface area is 334 Å². The Morgan fingerprint density at radius 2 is 0.365 bits per heavy atom. The Hall–Kier alpha value is 0.596. The van der Waals surface area contributed by atoms with Crippen LogP contribution in [0.1, 0.15) is 236 Å². The molecule has 0 saturated carbocycles. The molecule has 52 heavy (non-hydrogen) atoms. The first-order chi connectivity index (χ1) is 25.3. The highest BCUT2D eigenvalue weighted by molar-refractivity contribution is 6.86. The lowest BCUT2D eigenvalue weighted by Crippen LogP contribution is -2.56. The monoisotopic (exact) mass is 783 g/mol. The molecule has 0 saturated heterocycles. The molecule has 0 aliphatic carbocycles. The minimum Gasteiger partial charge on any atom is -0.429 e. The zero-order valence-electron chi connectivity index (χ0n) is 37.8. The van der Waals surface area contributed by atoms with Crippen LogP contribution in [0.2, 0.25) is 54.4 Å². The average Bonchev–Trinajstić information content (AvgIpc) is 3.12. The molecule has 0 aromatic carbocycles. The van der Waals surface area contributed by atoms with Crippen LogP contribution >= 0.6 is 0 Å². The molecule has 0 N–H and O–H groups in total. The fourth-order valence-corrected chi connectivity index (χ4v) is 21.8. The van der Waals surface area contributed by atoms with Crippen molar-refractivity contribution in [2.75, 3.05) is 0 Å². The summed E-state index contributed by atoms with van der Waals surface area (Å²) in [7, 11) is -6.71. The highest BCUT2D eigenvalue weighted by Crippen LogP contribution is 2.39. The van der Waals surface area contributed by atoms with Crippen molar-refractivity contribution in [3.05, 3.63) is 0 Å². The van der Waals surface area contributed by atoms with Gasteiger partial charge in [0.1, 0.15) is 0 Å². The van der Waals surface area contributed by atoms with Gasteiger partial charge in [0.25, 0.3) is 0 Å². The molecule has 0 radical (unpaired) electrons. The van der Waals surface area contributed by atoms with E-state index in [4.69, 9.17) is 13.0 Å². The van der Waals surface area contributed by atoms with Crippen molar-refractivity contribution in [3.8, 4) is 0 Å². The van der Waals surface area contributed by atoms with Gasteiger partial charge in [-0.05, 0) is 54.4 Å². The van der Waals surface area contributed by atoms with Gasteiger partial charge in [-0.3, -0.25) is 0 Å². The summed E-state index contributed by atoms with van der Waals surface area (Å²) in [6.07, 6.45) is 35.5. The third kappa shape index (κ3) is 25.7. The fourth-order valence-electron chi connectivity index (χ4n) is 8.61. The average molecular weight is 783 g/mol. The van der Waals surface area contributed by atoms with Crippen LogP contribution in [0.5, 0.6) is 0 Å². The number of hydrogen-bond donors (Lipinski definition) is 0. The molecule has 0 spiro atoms.